The first-order valence-corrected chi connectivity index (χ1v) is 6.93. The van der Waals surface area contributed by atoms with Crippen LogP contribution >= 0.6 is 11.6 Å². The van der Waals surface area contributed by atoms with Gasteiger partial charge in [0.25, 0.3) is 0 Å². The second-order valence-corrected chi connectivity index (χ2v) is 5.26. The Hall–Kier alpha value is -1.71. The quantitative estimate of drug-likeness (QED) is 0.943. The van der Waals surface area contributed by atoms with Gasteiger partial charge in [-0.1, -0.05) is 29.8 Å². The molecule has 20 heavy (non-hydrogen) atoms. The molecule has 0 aromatic heterocycles. The Morgan fingerprint density at radius 3 is 2.85 bits per heavy atom. The zero-order valence-electron chi connectivity index (χ0n) is 11.2. The smallest absolute Gasteiger partial charge is 0.131 e. The lowest BCUT2D eigenvalue weighted by Gasteiger charge is -2.14. The highest BCUT2D eigenvalue weighted by Crippen LogP contribution is 2.43. The Morgan fingerprint density at radius 1 is 1.30 bits per heavy atom. The lowest BCUT2D eigenvalue weighted by atomic mass is 10.00. The third kappa shape index (κ3) is 2.23. The van der Waals surface area contributed by atoms with Gasteiger partial charge in [0.2, 0.25) is 0 Å². The summed E-state index contributed by atoms with van der Waals surface area (Å²) in [5, 5.41) is 0.700. The fraction of sp³-hybridized carbons (Fsp3) is 0.250. The van der Waals surface area contributed by atoms with E-state index in [9.17, 15) is 0 Å². The van der Waals surface area contributed by atoms with Crippen LogP contribution in [-0.2, 0) is 6.42 Å². The van der Waals surface area contributed by atoms with Crippen LogP contribution in [0.3, 0.4) is 0 Å². The van der Waals surface area contributed by atoms with Gasteiger partial charge in [-0.3, -0.25) is 0 Å². The lowest BCUT2D eigenvalue weighted by Crippen LogP contribution is -2.24. The predicted octanol–water partition coefficient (Wildman–Crippen LogP) is 3.28. The van der Waals surface area contributed by atoms with E-state index in [-0.39, 0.29) is 6.10 Å². The van der Waals surface area contributed by atoms with Crippen molar-refractivity contribution in [3.63, 3.8) is 0 Å². The maximum Gasteiger partial charge on any atom is 0.131 e. The number of halogens is 1. The maximum absolute atomic E-state index is 6.24. The van der Waals surface area contributed by atoms with Crippen molar-refractivity contribution in [1.29, 1.82) is 0 Å². The van der Waals surface area contributed by atoms with E-state index in [2.05, 4.69) is 0 Å². The molecule has 1 aliphatic rings. The second-order valence-electron chi connectivity index (χ2n) is 4.82. The number of fused-ring (bicyclic) bond motifs is 1. The molecule has 0 spiro atoms. The molecule has 4 heteroatoms. The van der Waals surface area contributed by atoms with Crippen molar-refractivity contribution < 1.29 is 9.47 Å². The molecule has 0 unspecified atom stereocenters. The van der Waals surface area contributed by atoms with E-state index in [1.807, 2.05) is 36.4 Å². The molecule has 0 aliphatic carbocycles. The van der Waals surface area contributed by atoms with Crippen molar-refractivity contribution in [2.75, 3.05) is 13.7 Å². The highest BCUT2D eigenvalue weighted by atomic mass is 35.5. The standard InChI is InChI=1S/C16H16ClNO2/c1-19-15-5-3-2-4-13(15)14-8-11(17)6-10-7-12(9-18)20-16(10)14/h2-6,8,12H,7,9,18H2,1H3/t12-/m1/s1. The minimum atomic E-state index is 0.0249. The Morgan fingerprint density at radius 2 is 2.10 bits per heavy atom. The van der Waals surface area contributed by atoms with E-state index in [1.165, 1.54) is 0 Å². The van der Waals surface area contributed by atoms with Crippen LogP contribution in [-0.4, -0.2) is 19.8 Å². The highest BCUT2D eigenvalue weighted by Gasteiger charge is 2.26. The van der Waals surface area contributed by atoms with Crippen molar-refractivity contribution in [3.8, 4) is 22.6 Å². The SMILES string of the molecule is COc1ccccc1-c1cc(Cl)cc2c1O[C@@H](CN)C2. The molecule has 0 bridgehead atoms. The van der Waals surface area contributed by atoms with E-state index in [1.54, 1.807) is 7.11 Å². The molecule has 3 nitrogen and oxygen atoms in total. The summed E-state index contributed by atoms with van der Waals surface area (Å²) in [6.07, 6.45) is 0.825. The molecule has 1 atom stereocenters. The Labute approximate surface area is 123 Å². The molecular weight excluding hydrogens is 274 g/mol. The van der Waals surface area contributed by atoms with Crippen molar-refractivity contribution in [1.82, 2.24) is 0 Å². The number of para-hydroxylation sites is 1. The van der Waals surface area contributed by atoms with E-state index >= 15 is 0 Å². The summed E-state index contributed by atoms with van der Waals surface area (Å²) in [4.78, 5) is 0. The van der Waals surface area contributed by atoms with E-state index in [0.29, 0.717) is 11.6 Å². The number of hydrogen-bond acceptors (Lipinski definition) is 3. The molecule has 104 valence electrons. The van der Waals surface area contributed by atoms with Crippen molar-refractivity contribution in [2.24, 2.45) is 5.73 Å². The first kappa shape index (κ1) is 13.3. The van der Waals surface area contributed by atoms with Crippen LogP contribution in [0.15, 0.2) is 36.4 Å². The Balaban J connectivity index is 2.16. The van der Waals surface area contributed by atoms with Crippen LogP contribution in [0.1, 0.15) is 5.56 Å². The molecule has 2 aromatic rings. The zero-order chi connectivity index (χ0) is 14.1. The largest absolute Gasteiger partial charge is 0.496 e. The molecular formula is C16H16ClNO2. The summed E-state index contributed by atoms with van der Waals surface area (Å²) in [6, 6.07) is 11.7. The molecule has 0 fully saturated rings. The number of methoxy groups -OCH3 is 1. The number of rotatable bonds is 3. The molecule has 2 aromatic carbocycles. The third-order valence-electron chi connectivity index (χ3n) is 3.52. The molecule has 0 saturated carbocycles. The van der Waals surface area contributed by atoms with E-state index in [4.69, 9.17) is 26.8 Å². The van der Waals surface area contributed by atoms with Gasteiger partial charge in [-0.25, -0.2) is 0 Å². The summed E-state index contributed by atoms with van der Waals surface area (Å²) in [7, 11) is 1.66. The zero-order valence-corrected chi connectivity index (χ0v) is 12.0. The fourth-order valence-corrected chi connectivity index (χ4v) is 2.83. The van der Waals surface area contributed by atoms with Gasteiger partial charge in [-0.15, -0.1) is 0 Å². The summed E-state index contributed by atoms with van der Waals surface area (Å²) in [5.41, 5.74) is 8.76. The Bertz CT molecular complexity index is 642. The molecule has 0 saturated heterocycles. The van der Waals surface area contributed by atoms with E-state index in [0.717, 1.165) is 34.6 Å². The fourth-order valence-electron chi connectivity index (χ4n) is 2.59. The van der Waals surface area contributed by atoms with Crippen LogP contribution in [0, 0.1) is 0 Å². The minimum Gasteiger partial charge on any atom is -0.496 e. The van der Waals surface area contributed by atoms with Gasteiger partial charge in [-0.2, -0.15) is 0 Å². The minimum absolute atomic E-state index is 0.0249. The Kier molecular flexibility index (Phi) is 3.55. The number of ether oxygens (including phenoxy) is 2. The normalized spacial score (nSPS) is 16.6. The molecule has 0 amide bonds. The van der Waals surface area contributed by atoms with Crippen LogP contribution in [0.5, 0.6) is 11.5 Å². The predicted molar refractivity (Wildman–Crippen MR) is 80.6 cm³/mol. The molecule has 1 heterocycles. The number of benzene rings is 2. The third-order valence-corrected chi connectivity index (χ3v) is 3.74. The summed E-state index contributed by atoms with van der Waals surface area (Å²) < 4.78 is 11.4. The van der Waals surface area contributed by atoms with Gasteiger partial charge in [0.05, 0.1) is 7.11 Å². The topological polar surface area (TPSA) is 44.5 Å². The average molecular weight is 290 g/mol. The monoisotopic (exact) mass is 289 g/mol. The summed E-state index contributed by atoms with van der Waals surface area (Å²) in [5.74, 6) is 1.67. The van der Waals surface area contributed by atoms with Crippen molar-refractivity contribution in [2.45, 2.75) is 12.5 Å². The van der Waals surface area contributed by atoms with Gasteiger partial charge in [0.1, 0.15) is 17.6 Å². The van der Waals surface area contributed by atoms with Gasteiger partial charge in [0.15, 0.2) is 0 Å². The van der Waals surface area contributed by atoms with Gasteiger partial charge in [0, 0.05) is 29.1 Å². The van der Waals surface area contributed by atoms with Crippen molar-refractivity contribution >= 4 is 11.6 Å². The highest BCUT2D eigenvalue weighted by molar-refractivity contribution is 6.31. The number of hydrogen-bond donors (Lipinski definition) is 1. The first-order chi connectivity index (χ1) is 9.72. The lowest BCUT2D eigenvalue weighted by molar-refractivity contribution is 0.242. The number of nitrogens with two attached hydrogens (primary N) is 1. The first-order valence-electron chi connectivity index (χ1n) is 6.55. The van der Waals surface area contributed by atoms with E-state index < -0.39 is 0 Å². The maximum atomic E-state index is 6.24. The average Bonchev–Trinajstić information content (AvgIpc) is 2.89. The van der Waals surface area contributed by atoms with Gasteiger partial charge >= 0.3 is 0 Å². The van der Waals surface area contributed by atoms with Crippen molar-refractivity contribution in [3.05, 3.63) is 47.0 Å². The van der Waals surface area contributed by atoms with Crippen LogP contribution < -0.4 is 15.2 Å². The molecule has 1 aliphatic heterocycles. The van der Waals surface area contributed by atoms with Gasteiger partial charge in [-0.05, 0) is 23.8 Å². The van der Waals surface area contributed by atoms with Gasteiger partial charge < -0.3 is 15.2 Å². The van der Waals surface area contributed by atoms with Crippen LogP contribution in [0.2, 0.25) is 5.02 Å². The summed E-state index contributed by atoms with van der Waals surface area (Å²) in [6.45, 7) is 0.498. The van der Waals surface area contributed by atoms with Crippen LogP contribution in [0.4, 0.5) is 0 Å². The molecule has 2 N–H and O–H groups in total. The molecule has 3 rings (SSSR count). The second kappa shape index (κ2) is 5.35. The van der Waals surface area contributed by atoms with Crippen LogP contribution in [0.25, 0.3) is 11.1 Å². The molecule has 0 radical (unpaired) electrons. The summed E-state index contributed by atoms with van der Waals surface area (Å²) >= 11 is 6.24.